The van der Waals surface area contributed by atoms with Gasteiger partial charge in [0.2, 0.25) is 17.7 Å². The molecule has 1 aliphatic rings. The van der Waals surface area contributed by atoms with Crippen LogP contribution in [0.3, 0.4) is 0 Å². The highest BCUT2D eigenvalue weighted by molar-refractivity contribution is 5.93. The van der Waals surface area contributed by atoms with E-state index in [-0.39, 0.29) is 70.2 Å². The molecule has 1 aliphatic carbocycles. The number of hydrogen-bond donors (Lipinski definition) is 4. The lowest BCUT2D eigenvalue weighted by Crippen LogP contribution is -2.54. The van der Waals surface area contributed by atoms with Gasteiger partial charge in [0.15, 0.2) is 5.78 Å². The van der Waals surface area contributed by atoms with Gasteiger partial charge in [0.1, 0.15) is 19.3 Å². The summed E-state index contributed by atoms with van der Waals surface area (Å²) in [5.41, 5.74) is 5.47. The molecule has 4 rings (SSSR count). The largest absolute Gasteiger partial charge is 0.449 e. The molecule has 0 radical (unpaired) electrons. The van der Waals surface area contributed by atoms with Gasteiger partial charge in [-0.1, -0.05) is 92.7 Å². The number of alkyl carbamates (subject to hydrolysis) is 1. The Bertz CT molecular complexity index is 1640. The first kappa shape index (κ1) is 41.6. The summed E-state index contributed by atoms with van der Waals surface area (Å²) in [4.78, 5) is 62.5. The third-order valence-electron chi connectivity index (χ3n) is 8.73. The van der Waals surface area contributed by atoms with Crippen LogP contribution < -0.4 is 21.3 Å². The maximum atomic E-state index is 13.2. The van der Waals surface area contributed by atoms with Crippen molar-refractivity contribution in [2.75, 3.05) is 59.3 Å². The van der Waals surface area contributed by atoms with Crippen LogP contribution >= 0.6 is 0 Å². The summed E-state index contributed by atoms with van der Waals surface area (Å²) in [6, 6.07) is 23.9. The number of Topliss-reactive ketones (excluding diaryl/α,β-unsaturated/α-hetero) is 1. The normalized spacial score (nSPS) is 13.0. The molecule has 2 atom stereocenters. The molecule has 4 amide bonds. The quantitative estimate of drug-likeness (QED) is 0.106. The Labute approximate surface area is 316 Å². The smallest absolute Gasteiger partial charge is 0.407 e. The maximum absolute atomic E-state index is 13.2. The fourth-order valence-electron chi connectivity index (χ4n) is 6.08. The minimum absolute atomic E-state index is 0.00506. The van der Waals surface area contributed by atoms with Gasteiger partial charge in [-0.25, -0.2) is 4.79 Å². The first-order valence-electron chi connectivity index (χ1n) is 18.3. The fraction of sp³-hybridized carbons (Fsp3) is 0.439. The van der Waals surface area contributed by atoms with E-state index in [0.717, 1.165) is 16.7 Å². The van der Waals surface area contributed by atoms with E-state index in [1.165, 1.54) is 18.1 Å². The number of amides is 4. The summed E-state index contributed by atoms with van der Waals surface area (Å²) in [5.74, 6) is -1.52. The Morgan fingerprint density at radius 1 is 0.667 bits per heavy atom. The fourth-order valence-corrected chi connectivity index (χ4v) is 6.08. The lowest BCUT2D eigenvalue weighted by molar-refractivity contribution is -0.132. The Morgan fingerprint density at radius 2 is 1.26 bits per heavy atom. The molecule has 0 fully saturated rings. The van der Waals surface area contributed by atoms with Crippen LogP contribution in [0.5, 0.6) is 0 Å². The number of hydrogen-bond acceptors (Lipinski definition) is 9. The molecule has 290 valence electrons. The molecule has 4 N–H and O–H groups in total. The SMILES string of the molecule is CC(=O)C(CC(C)C)NC(=O)C(Cc1ccccc1)NC(=O)CNC(=O)COCCOCCOCCNC(=O)OCC1c2ccccc2-c2ccccc21. The lowest BCUT2D eigenvalue weighted by Gasteiger charge is -2.23. The third kappa shape index (κ3) is 13.7. The molecule has 0 bridgehead atoms. The number of ether oxygens (including phenoxy) is 4. The van der Waals surface area contributed by atoms with E-state index in [9.17, 15) is 24.0 Å². The van der Waals surface area contributed by atoms with Gasteiger partial charge in [-0.2, -0.15) is 0 Å². The molecule has 0 aliphatic heterocycles. The van der Waals surface area contributed by atoms with Crippen LogP contribution in [-0.4, -0.2) is 101 Å². The van der Waals surface area contributed by atoms with Gasteiger partial charge in [0.25, 0.3) is 0 Å². The van der Waals surface area contributed by atoms with Crippen molar-refractivity contribution in [3.63, 3.8) is 0 Å². The van der Waals surface area contributed by atoms with Gasteiger partial charge >= 0.3 is 6.09 Å². The zero-order chi connectivity index (χ0) is 38.7. The zero-order valence-electron chi connectivity index (χ0n) is 31.3. The van der Waals surface area contributed by atoms with E-state index in [2.05, 4.69) is 45.5 Å². The van der Waals surface area contributed by atoms with Crippen LogP contribution in [0.2, 0.25) is 0 Å². The molecule has 0 saturated carbocycles. The monoisotopic (exact) mass is 744 g/mol. The first-order valence-corrected chi connectivity index (χ1v) is 18.3. The molecular formula is C41H52N4O9. The van der Waals surface area contributed by atoms with Crippen LogP contribution in [0.4, 0.5) is 4.79 Å². The molecule has 2 unspecified atom stereocenters. The summed E-state index contributed by atoms with van der Waals surface area (Å²) in [6.07, 6.45) is 0.188. The second kappa shape index (κ2) is 22.2. The van der Waals surface area contributed by atoms with Crippen LogP contribution in [0.1, 0.15) is 49.8 Å². The number of benzene rings is 3. The second-order valence-corrected chi connectivity index (χ2v) is 13.4. The van der Waals surface area contributed by atoms with Crippen LogP contribution in [-0.2, 0) is 44.5 Å². The predicted molar refractivity (Wildman–Crippen MR) is 203 cm³/mol. The van der Waals surface area contributed by atoms with Crippen LogP contribution in [0.25, 0.3) is 11.1 Å². The Kier molecular flexibility index (Phi) is 17.1. The summed E-state index contributed by atoms with van der Waals surface area (Å²) in [5, 5.41) is 10.6. The van der Waals surface area contributed by atoms with E-state index in [0.29, 0.717) is 19.6 Å². The van der Waals surface area contributed by atoms with Crippen LogP contribution in [0, 0.1) is 5.92 Å². The second-order valence-electron chi connectivity index (χ2n) is 13.4. The van der Waals surface area contributed by atoms with Gasteiger partial charge in [-0.05, 0) is 47.1 Å². The molecule has 0 heterocycles. The molecule has 54 heavy (non-hydrogen) atoms. The minimum atomic E-state index is -0.944. The van der Waals surface area contributed by atoms with E-state index in [1.807, 2.05) is 68.4 Å². The van der Waals surface area contributed by atoms with Gasteiger partial charge in [-0.15, -0.1) is 0 Å². The number of carbonyl (C=O) groups is 5. The number of carbonyl (C=O) groups excluding carboxylic acids is 5. The van der Waals surface area contributed by atoms with Gasteiger partial charge in [-0.3, -0.25) is 19.2 Å². The number of rotatable bonds is 23. The third-order valence-corrected chi connectivity index (χ3v) is 8.73. The van der Waals surface area contributed by atoms with Gasteiger partial charge in [0, 0.05) is 18.9 Å². The topological polar surface area (TPSA) is 170 Å². The van der Waals surface area contributed by atoms with Crippen molar-refractivity contribution in [3.05, 3.63) is 95.6 Å². The maximum Gasteiger partial charge on any atom is 0.407 e. The Hall–Kier alpha value is -5.11. The van der Waals surface area contributed by atoms with Gasteiger partial charge in [0.05, 0.1) is 45.6 Å². The van der Waals surface area contributed by atoms with E-state index < -0.39 is 35.9 Å². The molecule has 0 saturated heterocycles. The summed E-state index contributed by atoms with van der Waals surface area (Å²) in [6.45, 7) is 6.49. The number of ketones is 1. The van der Waals surface area contributed by atoms with Crippen molar-refractivity contribution in [1.82, 2.24) is 21.3 Å². The Balaban J connectivity index is 1.02. The highest BCUT2D eigenvalue weighted by atomic mass is 16.6. The Morgan fingerprint density at radius 3 is 1.89 bits per heavy atom. The van der Waals surface area contributed by atoms with Gasteiger partial charge < -0.3 is 40.2 Å². The first-order chi connectivity index (χ1) is 26.1. The van der Waals surface area contributed by atoms with Crippen molar-refractivity contribution in [1.29, 1.82) is 0 Å². The van der Waals surface area contributed by atoms with Crippen LogP contribution in [0.15, 0.2) is 78.9 Å². The zero-order valence-corrected chi connectivity index (χ0v) is 31.3. The van der Waals surface area contributed by atoms with E-state index in [4.69, 9.17) is 18.9 Å². The molecule has 3 aromatic rings. The summed E-state index contributed by atoms with van der Waals surface area (Å²) >= 11 is 0. The van der Waals surface area contributed by atoms with E-state index in [1.54, 1.807) is 0 Å². The van der Waals surface area contributed by atoms with Crippen molar-refractivity contribution >= 4 is 29.6 Å². The molecule has 0 spiro atoms. The van der Waals surface area contributed by atoms with E-state index >= 15 is 0 Å². The molecule has 13 nitrogen and oxygen atoms in total. The minimum Gasteiger partial charge on any atom is -0.449 e. The van der Waals surface area contributed by atoms with Crippen molar-refractivity contribution < 1.29 is 42.9 Å². The predicted octanol–water partition coefficient (Wildman–Crippen LogP) is 3.54. The average molecular weight is 745 g/mol. The highest BCUT2D eigenvalue weighted by Crippen LogP contribution is 2.44. The molecule has 3 aromatic carbocycles. The molecular weight excluding hydrogens is 692 g/mol. The van der Waals surface area contributed by atoms with Crippen molar-refractivity contribution in [2.45, 2.75) is 51.6 Å². The molecule has 0 aromatic heterocycles. The molecule has 13 heteroatoms. The summed E-state index contributed by atoms with van der Waals surface area (Å²) < 4.78 is 21.8. The lowest BCUT2D eigenvalue weighted by atomic mass is 9.98. The average Bonchev–Trinajstić information content (AvgIpc) is 3.48. The summed E-state index contributed by atoms with van der Waals surface area (Å²) in [7, 11) is 0. The number of fused-ring (bicyclic) bond motifs is 3. The van der Waals surface area contributed by atoms with Crippen molar-refractivity contribution in [2.24, 2.45) is 5.92 Å². The standard InChI is InChI=1S/C41H52N4O9/c1-28(2)23-36(29(3)46)45-40(49)37(24-30-11-5-4-6-12-30)44-38(47)25-43-39(48)27-53-22-21-52-20-19-51-18-17-42-41(50)54-26-35-33-15-9-7-13-31(33)32-14-8-10-16-34(32)35/h4-16,28,35-37H,17-27H2,1-3H3,(H,42,50)(H,43,48)(H,44,47)(H,45,49). The highest BCUT2D eigenvalue weighted by Gasteiger charge is 2.29. The van der Waals surface area contributed by atoms with Crippen molar-refractivity contribution in [3.8, 4) is 11.1 Å². The number of nitrogens with one attached hydrogen (secondary N) is 4.